The molecule has 3 nitrogen and oxygen atoms in total. The van der Waals surface area contributed by atoms with Crippen LogP contribution in [-0.2, 0) is 21.5 Å². The molecule has 2 aromatic rings. The van der Waals surface area contributed by atoms with Crippen LogP contribution in [-0.4, -0.2) is 23.6 Å². The predicted octanol–water partition coefficient (Wildman–Crippen LogP) is 4.83. The summed E-state index contributed by atoms with van der Waals surface area (Å²) in [5.74, 6) is 0.0830. The highest BCUT2D eigenvalue weighted by molar-refractivity contribution is 7.07. The van der Waals surface area contributed by atoms with E-state index in [0.29, 0.717) is 30.7 Å². The summed E-state index contributed by atoms with van der Waals surface area (Å²) in [6.45, 7) is 0. The van der Waals surface area contributed by atoms with Crippen LogP contribution in [0.1, 0.15) is 43.2 Å². The Labute approximate surface area is 157 Å². The van der Waals surface area contributed by atoms with E-state index >= 15 is 0 Å². The second kappa shape index (κ2) is 7.71. The fraction of sp³-hybridized carbons (Fsp3) is 0.400. The van der Waals surface area contributed by atoms with E-state index in [0.717, 1.165) is 24.0 Å². The van der Waals surface area contributed by atoms with Gasteiger partial charge < -0.3 is 4.90 Å². The molecular weight excluding hydrogens is 354 g/mol. The Hall–Kier alpha value is -1.65. The SMILES string of the molecule is CN(C(=O)CCc1ccsc1)C1(c2ccccc2Cl)CCCCC1=O. The summed E-state index contributed by atoms with van der Waals surface area (Å²) < 4.78 is 0. The minimum atomic E-state index is -0.928. The average Bonchev–Trinajstić information content (AvgIpc) is 3.14. The number of carbonyl (C=O) groups excluding carboxylic acids is 2. The maximum Gasteiger partial charge on any atom is 0.223 e. The summed E-state index contributed by atoms with van der Waals surface area (Å²) >= 11 is 8.06. The minimum Gasteiger partial charge on any atom is -0.329 e. The van der Waals surface area contributed by atoms with Crippen molar-refractivity contribution in [2.24, 2.45) is 0 Å². The molecule has 1 amide bonds. The first kappa shape index (κ1) is 18.2. The van der Waals surface area contributed by atoms with Crippen LogP contribution in [0.2, 0.25) is 5.02 Å². The lowest BCUT2D eigenvalue weighted by atomic mass is 9.74. The van der Waals surface area contributed by atoms with Crippen molar-refractivity contribution < 1.29 is 9.59 Å². The third kappa shape index (κ3) is 3.51. The molecule has 3 rings (SSSR count). The fourth-order valence-electron chi connectivity index (χ4n) is 3.70. The number of thiophene rings is 1. The van der Waals surface area contributed by atoms with Crippen molar-refractivity contribution in [3.63, 3.8) is 0 Å². The summed E-state index contributed by atoms with van der Waals surface area (Å²) in [6.07, 6.45) is 4.01. The number of nitrogens with zero attached hydrogens (tertiary/aromatic N) is 1. The molecule has 5 heteroatoms. The normalized spacial score (nSPS) is 20.5. The third-order valence-corrected chi connectivity index (χ3v) is 6.19. The molecule has 0 aliphatic heterocycles. The van der Waals surface area contributed by atoms with Crippen molar-refractivity contribution in [1.29, 1.82) is 0 Å². The molecule has 1 aromatic carbocycles. The van der Waals surface area contributed by atoms with E-state index in [1.165, 1.54) is 0 Å². The smallest absolute Gasteiger partial charge is 0.223 e. The topological polar surface area (TPSA) is 37.4 Å². The number of halogens is 1. The number of likely N-dealkylation sites (N-methyl/N-ethyl adjacent to an activating group) is 1. The van der Waals surface area contributed by atoms with Crippen LogP contribution < -0.4 is 0 Å². The van der Waals surface area contributed by atoms with E-state index in [1.807, 2.05) is 29.6 Å². The van der Waals surface area contributed by atoms with E-state index in [1.54, 1.807) is 29.4 Å². The van der Waals surface area contributed by atoms with E-state index in [9.17, 15) is 9.59 Å². The van der Waals surface area contributed by atoms with Gasteiger partial charge in [-0.3, -0.25) is 9.59 Å². The molecule has 1 fully saturated rings. The van der Waals surface area contributed by atoms with E-state index < -0.39 is 5.54 Å². The molecule has 1 saturated carbocycles. The third-order valence-electron chi connectivity index (χ3n) is 5.13. The van der Waals surface area contributed by atoms with Gasteiger partial charge in [0, 0.05) is 30.5 Å². The highest BCUT2D eigenvalue weighted by Gasteiger charge is 2.47. The Morgan fingerprint density at radius 2 is 2.08 bits per heavy atom. The molecule has 1 aliphatic carbocycles. The largest absolute Gasteiger partial charge is 0.329 e. The maximum atomic E-state index is 13.0. The second-order valence-corrected chi connectivity index (χ2v) is 7.74. The monoisotopic (exact) mass is 375 g/mol. The van der Waals surface area contributed by atoms with Crippen LogP contribution in [0.3, 0.4) is 0 Å². The summed E-state index contributed by atoms with van der Waals surface area (Å²) in [5.41, 5.74) is 0.990. The number of benzene rings is 1. The Balaban J connectivity index is 1.90. The number of Topliss-reactive ketones (excluding diaryl/α,β-unsaturated/α-hetero) is 1. The van der Waals surface area contributed by atoms with Crippen molar-refractivity contribution in [3.05, 3.63) is 57.2 Å². The molecule has 0 spiro atoms. The zero-order chi connectivity index (χ0) is 17.9. The molecular formula is C20H22ClNO2S. The van der Waals surface area contributed by atoms with Crippen LogP contribution in [0, 0.1) is 0 Å². The van der Waals surface area contributed by atoms with Crippen LogP contribution >= 0.6 is 22.9 Å². The average molecular weight is 376 g/mol. The Bertz CT molecular complexity index is 759. The van der Waals surface area contributed by atoms with Gasteiger partial charge in [0.2, 0.25) is 5.91 Å². The van der Waals surface area contributed by atoms with Crippen LogP contribution in [0.4, 0.5) is 0 Å². The van der Waals surface area contributed by atoms with Gasteiger partial charge in [0.25, 0.3) is 0 Å². The van der Waals surface area contributed by atoms with E-state index in [4.69, 9.17) is 11.6 Å². The first-order chi connectivity index (χ1) is 12.1. The number of rotatable bonds is 5. The van der Waals surface area contributed by atoms with E-state index in [2.05, 4.69) is 5.38 Å². The molecule has 132 valence electrons. The van der Waals surface area contributed by atoms with Crippen LogP contribution in [0.15, 0.2) is 41.1 Å². The van der Waals surface area contributed by atoms with Gasteiger partial charge in [0.05, 0.1) is 0 Å². The lowest BCUT2D eigenvalue weighted by molar-refractivity contribution is -0.148. The second-order valence-electron chi connectivity index (χ2n) is 6.55. The standard InChI is InChI=1S/C20H22ClNO2S/c1-22(19(24)10-9-15-11-13-25-14-15)20(12-5-4-8-18(20)23)16-6-2-3-7-17(16)21/h2-3,6-7,11,13-14H,4-5,8-10,12H2,1H3. The van der Waals surface area contributed by atoms with Gasteiger partial charge in [0.1, 0.15) is 5.54 Å². The molecule has 0 saturated heterocycles. The first-order valence-electron chi connectivity index (χ1n) is 8.62. The summed E-state index contributed by atoms with van der Waals surface area (Å²) in [7, 11) is 1.75. The minimum absolute atomic E-state index is 0.0126. The van der Waals surface area contributed by atoms with Crippen molar-refractivity contribution in [2.75, 3.05) is 7.05 Å². The van der Waals surface area contributed by atoms with Gasteiger partial charge in [-0.25, -0.2) is 0 Å². The zero-order valence-corrected chi connectivity index (χ0v) is 15.9. The van der Waals surface area contributed by atoms with Gasteiger partial charge in [0.15, 0.2) is 5.78 Å². The van der Waals surface area contributed by atoms with Crippen LogP contribution in [0.25, 0.3) is 0 Å². The Morgan fingerprint density at radius 3 is 2.76 bits per heavy atom. The molecule has 0 bridgehead atoms. The van der Waals surface area contributed by atoms with Gasteiger partial charge in [-0.1, -0.05) is 29.8 Å². The van der Waals surface area contributed by atoms with E-state index in [-0.39, 0.29) is 11.7 Å². The number of amides is 1. The molecule has 1 atom stereocenters. The van der Waals surface area contributed by atoms with Crippen LogP contribution in [0.5, 0.6) is 0 Å². The van der Waals surface area contributed by atoms with Gasteiger partial charge in [-0.2, -0.15) is 11.3 Å². The van der Waals surface area contributed by atoms with Crippen molar-refractivity contribution in [2.45, 2.75) is 44.1 Å². The number of ketones is 1. The maximum absolute atomic E-state index is 13.0. The van der Waals surface area contributed by atoms with Gasteiger partial charge in [-0.15, -0.1) is 0 Å². The highest BCUT2D eigenvalue weighted by Crippen LogP contribution is 2.42. The molecule has 1 aliphatic rings. The van der Waals surface area contributed by atoms with Gasteiger partial charge in [-0.05, 0) is 54.1 Å². The number of hydrogen-bond donors (Lipinski definition) is 0. The lowest BCUT2D eigenvalue weighted by Crippen LogP contribution is -2.54. The summed E-state index contributed by atoms with van der Waals surface area (Å²) in [4.78, 5) is 27.6. The predicted molar refractivity (Wildman–Crippen MR) is 102 cm³/mol. The summed E-state index contributed by atoms with van der Waals surface area (Å²) in [6, 6.07) is 9.45. The number of carbonyl (C=O) groups is 2. The molecule has 25 heavy (non-hydrogen) atoms. The Kier molecular flexibility index (Phi) is 5.60. The molecule has 1 aromatic heterocycles. The number of hydrogen-bond acceptors (Lipinski definition) is 3. The van der Waals surface area contributed by atoms with Crippen molar-refractivity contribution in [3.8, 4) is 0 Å². The van der Waals surface area contributed by atoms with Gasteiger partial charge >= 0.3 is 0 Å². The van der Waals surface area contributed by atoms with Crippen molar-refractivity contribution >= 4 is 34.6 Å². The molecule has 0 N–H and O–H groups in total. The highest BCUT2D eigenvalue weighted by atomic mass is 35.5. The lowest BCUT2D eigenvalue weighted by Gasteiger charge is -2.44. The Morgan fingerprint density at radius 1 is 1.28 bits per heavy atom. The molecule has 1 heterocycles. The van der Waals surface area contributed by atoms with Crippen molar-refractivity contribution in [1.82, 2.24) is 4.90 Å². The fourth-order valence-corrected chi connectivity index (χ4v) is 4.69. The molecule has 0 radical (unpaired) electrons. The quantitative estimate of drug-likeness (QED) is 0.750. The first-order valence-corrected chi connectivity index (χ1v) is 9.94. The summed E-state index contributed by atoms with van der Waals surface area (Å²) in [5, 5.41) is 4.62. The molecule has 1 unspecified atom stereocenters. The number of aryl methyl sites for hydroxylation is 1. The zero-order valence-electron chi connectivity index (χ0n) is 14.3.